The van der Waals surface area contributed by atoms with Crippen LogP contribution in [0, 0.1) is 12.7 Å². The Morgan fingerprint density at radius 1 is 1.18 bits per heavy atom. The molecule has 0 saturated heterocycles. The molecule has 1 unspecified atom stereocenters. The minimum atomic E-state index is -3.71. The highest BCUT2D eigenvalue weighted by atomic mass is 32.2. The Morgan fingerprint density at radius 2 is 1.86 bits per heavy atom. The quantitative estimate of drug-likeness (QED) is 0.889. The van der Waals surface area contributed by atoms with E-state index in [4.69, 9.17) is 4.74 Å². The largest absolute Gasteiger partial charge is 0.492 e. The van der Waals surface area contributed by atoms with Gasteiger partial charge in [-0.2, -0.15) is 0 Å². The first-order valence-electron chi connectivity index (χ1n) is 6.85. The van der Waals surface area contributed by atoms with Crippen molar-refractivity contribution >= 4 is 10.0 Å². The lowest BCUT2D eigenvalue weighted by molar-refractivity contribution is 0.287. The zero-order chi connectivity index (χ0) is 16.2. The molecule has 4 nitrogen and oxygen atoms in total. The Morgan fingerprint density at radius 3 is 2.50 bits per heavy atom. The third-order valence-electron chi connectivity index (χ3n) is 3.03. The zero-order valence-electron chi connectivity index (χ0n) is 12.4. The third kappa shape index (κ3) is 4.29. The lowest BCUT2D eigenvalue weighted by Gasteiger charge is -2.16. The molecule has 22 heavy (non-hydrogen) atoms. The van der Waals surface area contributed by atoms with Crippen molar-refractivity contribution in [2.75, 3.05) is 6.61 Å². The van der Waals surface area contributed by atoms with Crippen molar-refractivity contribution in [2.24, 2.45) is 0 Å². The van der Waals surface area contributed by atoms with Crippen LogP contribution >= 0.6 is 0 Å². The molecule has 2 rings (SSSR count). The second-order valence-corrected chi connectivity index (χ2v) is 6.74. The predicted octanol–water partition coefficient (Wildman–Crippen LogP) is 2.88. The van der Waals surface area contributed by atoms with Crippen LogP contribution in [-0.2, 0) is 10.0 Å². The highest BCUT2D eigenvalue weighted by molar-refractivity contribution is 7.89. The summed E-state index contributed by atoms with van der Waals surface area (Å²) in [6, 6.07) is 12.3. The molecule has 0 radical (unpaired) electrons. The highest BCUT2D eigenvalue weighted by Gasteiger charge is 2.20. The fraction of sp³-hybridized carbons (Fsp3) is 0.250. The first-order valence-corrected chi connectivity index (χ1v) is 8.33. The fourth-order valence-electron chi connectivity index (χ4n) is 2.01. The number of benzene rings is 2. The molecule has 0 bridgehead atoms. The van der Waals surface area contributed by atoms with Crippen molar-refractivity contribution in [3.05, 3.63) is 59.9 Å². The first-order chi connectivity index (χ1) is 10.4. The normalized spacial score (nSPS) is 12.9. The number of sulfonamides is 1. The molecule has 0 heterocycles. The van der Waals surface area contributed by atoms with E-state index >= 15 is 0 Å². The maximum Gasteiger partial charge on any atom is 0.241 e. The molecule has 0 aliphatic rings. The van der Waals surface area contributed by atoms with Gasteiger partial charge in [-0.3, -0.25) is 0 Å². The van der Waals surface area contributed by atoms with Crippen molar-refractivity contribution in [2.45, 2.75) is 24.8 Å². The van der Waals surface area contributed by atoms with Gasteiger partial charge in [0.2, 0.25) is 10.0 Å². The van der Waals surface area contributed by atoms with Crippen molar-refractivity contribution in [1.29, 1.82) is 0 Å². The summed E-state index contributed by atoms with van der Waals surface area (Å²) >= 11 is 0. The Labute approximate surface area is 130 Å². The van der Waals surface area contributed by atoms with Gasteiger partial charge in [-0.15, -0.1) is 0 Å². The van der Waals surface area contributed by atoms with Gasteiger partial charge in [0.05, 0.1) is 10.9 Å². The number of nitrogens with one attached hydrogen (secondary N) is 1. The standard InChI is InChI=1S/C16H18FNO3S/c1-12-10-14(17)8-9-16(12)22(19,20)18-13(2)11-21-15-6-4-3-5-7-15/h3-10,13,18H,11H2,1-2H3. The summed E-state index contributed by atoms with van der Waals surface area (Å²) in [7, 11) is -3.71. The first kappa shape index (κ1) is 16.5. The number of ether oxygens (including phenoxy) is 1. The van der Waals surface area contributed by atoms with Crippen LogP contribution < -0.4 is 9.46 Å². The van der Waals surface area contributed by atoms with Crippen LogP contribution in [0.25, 0.3) is 0 Å². The molecular weight excluding hydrogens is 305 g/mol. The Kier molecular flexibility index (Phi) is 5.15. The molecule has 6 heteroatoms. The predicted molar refractivity (Wildman–Crippen MR) is 82.9 cm³/mol. The topological polar surface area (TPSA) is 55.4 Å². The van der Waals surface area contributed by atoms with Gasteiger partial charge >= 0.3 is 0 Å². The van der Waals surface area contributed by atoms with Gasteiger partial charge in [0.25, 0.3) is 0 Å². The van der Waals surface area contributed by atoms with Crippen LogP contribution in [0.1, 0.15) is 12.5 Å². The smallest absolute Gasteiger partial charge is 0.241 e. The summed E-state index contributed by atoms with van der Waals surface area (Å²) in [5.74, 6) is 0.212. The van der Waals surface area contributed by atoms with Crippen molar-refractivity contribution in [3.8, 4) is 5.75 Å². The number of aryl methyl sites for hydroxylation is 1. The molecule has 1 atom stereocenters. The summed E-state index contributed by atoms with van der Waals surface area (Å²) in [6.45, 7) is 3.46. The van der Waals surface area contributed by atoms with E-state index < -0.39 is 21.9 Å². The van der Waals surface area contributed by atoms with Crippen LogP contribution in [-0.4, -0.2) is 21.1 Å². The Bertz CT molecular complexity index is 732. The van der Waals surface area contributed by atoms with Gasteiger partial charge in [-0.25, -0.2) is 17.5 Å². The van der Waals surface area contributed by atoms with Crippen LogP contribution in [0.5, 0.6) is 5.75 Å². The molecule has 0 amide bonds. The van der Waals surface area contributed by atoms with Crippen molar-refractivity contribution < 1.29 is 17.5 Å². The average molecular weight is 323 g/mol. The molecule has 0 fully saturated rings. The van der Waals surface area contributed by atoms with Crippen molar-refractivity contribution in [3.63, 3.8) is 0 Å². The van der Waals surface area contributed by atoms with E-state index in [0.29, 0.717) is 11.3 Å². The van der Waals surface area contributed by atoms with Gasteiger partial charge in [0.15, 0.2) is 0 Å². The molecule has 0 aromatic heterocycles. The van der Waals surface area contributed by atoms with E-state index in [1.165, 1.54) is 12.1 Å². The minimum Gasteiger partial charge on any atom is -0.492 e. The Balaban J connectivity index is 2.02. The SMILES string of the molecule is Cc1cc(F)ccc1S(=O)(=O)NC(C)COc1ccccc1. The molecule has 0 aliphatic heterocycles. The zero-order valence-corrected chi connectivity index (χ0v) is 13.2. The summed E-state index contributed by atoms with van der Waals surface area (Å²) in [6.07, 6.45) is 0. The third-order valence-corrected chi connectivity index (χ3v) is 4.78. The van der Waals surface area contributed by atoms with Crippen LogP contribution in [0.2, 0.25) is 0 Å². The van der Waals surface area contributed by atoms with E-state index in [0.717, 1.165) is 6.07 Å². The van der Waals surface area contributed by atoms with E-state index in [1.807, 2.05) is 18.2 Å². The summed E-state index contributed by atoms with van der Waals surface area (Å²) in [4.78, 5) is 0.0699. The van der Waals surface area contributed by atoms with Gasteiger partial charge in [-0.05, 0) is 49.7 Å². The second-order valence-electron chi connectivity index (χ2n) is 5.06. The van der Waals surface area contributed by atoms with Crippen LogP contribution in [0.3, 0.4) is 0 Å². The van der Waals surface area contributed by atoms with Crippen LogP contribution in [0.15, 0.2) is 53.4 Å². The number of halogens is 1. The lowest BCUT2D eigenvalue weighted by atomic mass is 10.2. The highest BCUT2D eigenvalue weighted by Crippen LogP contribution is 2.16. The molecular formula is C16H18FNO3S. The van der Waals surface area contributed by atoms with Gasteiger partial charge in [0.1, 0.15) is 18.2 Å². The molecule has 1 N–H and O–H groups in total. The summed E-state index contributed by atoms with van der Waals surface area (Å²) in [5, 5.41) is 0. The minimum absolute atomic E-state index is 0.0699. The molecule has 0 saturated carbocycles. The Hall–Kier alpha value is -1.92. The molecule has 2 aromatic carbocycles. The molecule has 0 aliphatic carbocycles. The van der Waals surface area contributed by atoms with Gasteiger partial charge in [0, 0.05) is 0 Å². The molecule has 118 valence electrons. The number of rotatable bonds is 6. The van der Waals surface area contributed by atoms with Gasteiger partial charge in [-0.1, -0.05) is 18.2 Å². The van der Waals surface area contributed by atoms with E-state index in [2.05, 4.69) is 4.72 Å². The maximum atomic E-state index is 13.1. The number of para-hydroxylation sites is 1. The monoisotopic (exact) mass is 323 g/mol. The van der Waals surface area contributed by atoms with E-state index in [1.54, 1.807) is 26.0 Å². The summed E-state index contributed by atoms with van der Waals surface area (Å²) < 4.78 is 45.7. The lowest BCUT2D eigenvalue weighted by Crippen LogP contribution is -2.37. The average Bonchev–Trinajstić information content (AvgIpc) is 2.45. The molecule has 0 spiro atoms. The van der Waals surface area contributed by atoms with Gasteiger partial charge < -0.3 is 4.74 Å². The van der Waals surface area contributed by atoms with Crippen LogP contribution in [0.4, 0.5) is 4.39 Å². The summed E-state index contributed by atoms with van der Waals surface area (Å²) in [5.41, 5.74) is 0.365. The van der Waals surface area contributed by atoms with E-state index in [-0.39, 0.29) is 11.5 Å². The number of hydrogen-bond acceptors (Lipinski definition) is 3. The molecule has 2 aromatic rings. The van der Waals surface area contributed by atoms with Crippen molar-refractivity contribution in [1.82, 2.24) is 4.72 Å². The maximum absolute atomic E-state index is 13.1. The number of hydrogen-bond donors (Lipinski definition) is 1. The van der Waals surface area contributed by atoms with E-state index in [9.17, 15) is 12.8 Å². The fourth-order valence-corrected chi connectivity index (χ4v) is 3.47. The second kappa shape index (κ2) is 6.89.